The average Bonchev–Trinajstić information content (AvgIpc) is 3.30. The Morgan fingerprint density at radius 1 is 1.13 bits per heavy atom. The number of pyridine rings is 2. The molecule has 3 heterocycles. The van der Waals surface area contributed by atoms with Crippen LogP contribution in [0, 0.1) is 6.92 Å². The third-order valence-corrected chi connectivity index (χ3v) is 7.10. The molecule has 2 aromatic heterocycles. The highest BCUT2D eigenvalue weighted by atomic mass is 32.2. The van der Waals surface area contributed by atoms with Gasteiger partial charge in [0.15, 0.2) is 5.65 Å². The number of hydrogen-bond acceptors (Lipinski definition) is 7. The van der Waals surface area contributed by atoms with Crippen molar-refractivity contribution in [2.75, 3.05) is 25.0 Å². The van der Waals surface area contributed by atoms with Crippen molar-refractivity contribution in [2.24, 2.45) is 0 Å². The Hall–Kier alpha value is -3.04. The summed E-state index contributed by atoms with van der Waals surface area (Å²) >= 11 is 0. The molecule has 0 saturated carbocycles. The number of carbonyl (C=O) groups excluding carboxylic acids is 1. The fraction of sp³-hybridized carbons (Fsp3) is 0.318. The van der Waals surface area contributed by atoms with Crippen LogP contribution in [0.2, 0.25) is 0 Å². The Bertz CT molecular complexity index is 1220. The smallest absolute Gasteiger partial charge is 0.341 e. The number of esters is 1. The van der Waals surface area contributed by atoms with Gasteiger partial charge in [0.05, 0.1) is 17.2 Å². The molecule has 8 nitrogen and oxygen atoms in total. The number of aromatic nitrogens is 2. The van der Waals surface area contributed by atoms with Gasteiger partial charge in [-0.3, -0.25) is 0 Å². The Morgan fingerprint density at radius 2 is 1.84 bits per heavy atom. The van der Waals surface area contributed by atoms with Crippen molar-refractivity contribution in [1.29, 1.82) is 0 Å². The number of aryl methyl sites for hydroxylation is 1. The summed E-state index contributed by atoms with van der Waals surface area (Å²) in [5.74, 6) is -0.492. The number of sulfonamides is 1. The van der Waals surface area contributed by atoms with Crippen LogP contribution in [-0.4, -0.2) is 48.4 Å². The molecule has 1 aromatic carbocycles. The average molecular weight is 441 g/mol. The summed E-state index contributed by atoms with van der Waals surface area (Å²) in [5, 5.41) is 3.90. The minimum atomic E-state index is -3.49. The lowest BCUT2D eigenvalue weighted by Gasteiger charge is -2.17. The van der Waals surface area contributed by atoms with Gasteiger partial charge in [-0.2, -0.15) is 4.31 Å². The molecule has 1 aliphatic rings. The van der Waals surface area contributed by atoms with Crippen LogP contribution in [0.15, 0.2) is 47.5 Å². The molecule has 0 spiro atoms. The molecule has 0 radical (unpaired) electrons. The van der Waals surface area contributed by atoms with Gasteiger partial charge in [-0.1, -0.05) is 0 Å². The summed E-state index contributed by atoms with van der Waals surface area (Å²) in [5.41, 5.74) is 2.76. The Morgan fingerprint density at radius 3 is 2.52 bits per heavy atom. The fourth-order valence-electron chi connectivity index (χ4n) is 3.60. The Labute approximate surface area is 181 Å². The van der Waals surface area contributed by atoms with Crippen LogP contribution in [0.5, 0.6) is 0 Å². The maximum atomic E-state index is 12.8. The summed E-state index contributed by atoms with van der Waals surface area (Å²) in [4.78, 5) is 21.5. The molecule has 1 saturated heterocycles. The van der Waals surface area contributed by atoms with Crippen LogP contribution < -0.4 is 5.32 Å². The van der Waals surface area contributed by atoms with Crippen LogP contribution >= 0.6 is 0 Å². The molecule has 9 heteroatoms. The molecule has 0 amide bonds. The summed E-state index contributed by atoms with van der Waals surface area (Å²) < 4.78 is 32.2. The van der Waals surface area contributed by atoms with Crippen molar-refractivity contribution in [3.63, 3.8) is 0 Å². The highest BCUT2D eigenvalue weighted by Gasteiger charge is 2.27. The summed E-state index contributed by atoms with van der Waals surface area (Å²) in [6.45, 7) is 4.96. The van der Waals surface area contributed by atoms with Gasteiger partial charge in [0.1, 0.15) is 5.56 Å². The summed E-state index contributed by atoms with van der Waals surface area (Å²) in [6.07, 6.45) is 3.22. The molecule has 1 aliphatic heterocycles. The van der Waals surface area contributed by atoms with E-state index < -0.39 is 16.0 Å². The Kier molecular flexibility index (Phi) is 5.88. The normalized spacial score (nSPS) is 14.6. The second-order valence-electron chi connectivity index (χ2n) is 7.35. The lowest BCUT2D eigenvalue weighted by atomic mass is 10.1. The molecule has 3 aromatic rings. The first-order valence-corrected chi connectivity index (χ1v) is 11.6. The van der Waals surface area contributed by atoms with E-state index in [-0.39, 0.29) is 17.1 Å². The van der Waals surface area contributed by atoms with Gasteiger partial charge < -0.3 is 10.1 Å². The zero-order chi connectivity index (χ0) is 22.0. The number of nitrogens with zero attached hydrogens (tertiary/aromatic N) is 3. The first-order valence-electron chi connectivity index (χ1n) is 10.2. The minimum Gasteiger partial charge on any atom is -0.462 e. The standard InChI is InChI=1S/C22H24N4O4S/c1-3-30-22(27)19-14-23-21-18(11-6-15(2)24-21)20(19)25-16-7-9-17(10-8-16)31(28,29)26-12-4-5-13-26/h6-11,14H,3-5,12-13H2,1-2H3,(H,23,24,25). The molecule has 0 unspecified atom stereocenters. The third-order valence-electron chi connectivity index (χ3n) is 5.19. The number of benzene rings is 1. The van der Waals surface area contributed by atoms with E-state index in [2.05, 4.69) is 15.3 Å². The molecule has 0 bridgehead atoms. The first kappa shape index (κ1) is 21.2. The Balaban J connectivity index is 1.70. The molecule has 31 heavy (non-hydrogen) atoms. The van der Waals surface area contributed by atoms with Gasteiger partial charge in [0.2, 0.25) is 10.0 Å². The van der Waals surface area contributed by atoms with E-state index in [4.69, 9.17) is 4.74 Å². The molecular weight excluding hydrogens is 416 g/mol. The van der Waals surface area contributed by atoms with E-state index >= 15 is 0 Å². The summed E-state index contributed by atoms with van der Waals surface area (Å²) in [7, 11) is -3.49. The highest BCUT2D eigenvalue weighted by Crippen LogP contribution is 2.30. The second-order valence-corrected chi connectivity index (χ2v) is 9.29. The van der Waals surface area contributed by atoms with Crippen molar-refractivity contribution < 1.29 is 17.9 Å². The van der Waals surface area contributed by atoms with Crippen LogP contribution in [0.3, 0.4) is 0 Å². The quantitative estimate of drug-likeness (QED) is 0.584. The molecule has 162 valence electrons. The zero-order valence-electron chi connectivity index (χ0n) is 17.5. The van der Waals surface area contributed by atoms with Gasteiger partial charge in [-0.15, -0.1) is 0 Å². The van der Waals surface area contributed by atoms with E-state index in [1.165, 1.54) is 10.5 Å². The monoisotopic (exact) mass is 440 g/mol. The first-order chi connectivity index (χ1) is 14.9. The number of rotatable bonds is 6. The number of anilines is 2. The molecule has 0 atom stereocenters. The molecule has 4 rings (SSSR count). The van der Waals surface area contributed by atoms with E-state index in [1.807, 2.05) is 19.1 Å². The van der Waals surface area contributed by atoms with Crippen molar-refractivity contribution in [2.45, 2.75) is 31.6 Å². The number of ether oxygens (including phenoxy) is 1. The molecular formula is C22H24N4O4S. The van der Waals surface area contributed by atoms with Crippen LogP contribution in [0.25, 0.3) is 11.0 Å². The number of fused-ring (bicyclic) bond motifs is 1. The van der Waals surface area contributed by atoms with E-state index in [0.717, 1.165) is 18.5 Å². The lowest BCUT2D eigenvalue weighted by molar-refractivity contribution is 0.0527. The van der Waals surface area contributed by atoms with Crippen LogP contribution in [-0.2, 0) is 14.8 Å². The maximum absolute atomic E-state index is 12.8. The molecule has 0 aliphatic carbocycles. The maximum Gasteiger partial charge on any atom is 0.341 e. The van der Waals surface area contributed by atoms with E-state index in [1.54, 1.807) is 31.2 Å². The zero-order valence-corrected chi connectivity index (χ0v) is 18.3. The fourth-order valence-corrected chi connectivity index (χ4v) is 5.12. The predicted molar refractivity (Wildman–Crippen MR) is 118 cm³/mol. The lowest BCUT2D eigenvalue weighted by Crippen LogP contribution is -2.27. The number of nitrogens with one attached hydrogen (secondary N) is 1. The molecule has 1 N–H and O–H groups in total. The van der Waals surface area contributed by atoms with Gasteiger partial charge in [0, 0.05) is 36.1 Å². The van der Waals surface area contributed by atoms with Gasteiger partial charge in [-0.25, -0.2) is 23.2 Å². The van der Waals surface area contributed by atoms with Crippen LogP contribution in [0.4, 0.5) is 11.4 Å². The predicted octanol–water partition coefficient (Wildman–Crippen LogP) is 3.64. The van der Waals surface area contributed by atoms with Crippen molar-refractivity contribution >= 4 is 38.4 Å². The van der Waals surface area contributed by atoms with Crippen LogP contribution in [0.1, 0.15) is 35.8 Å². The second kappa shape index (κ2) is 8.60. The van der Waals surface area contributed by atoms with E-state index in [0.29, 0.717) is 35.5 Å². The van der Waals surface area contributed by atoms with E-state index in [9.17, 15) is 13.2 Å². The molecule has 1 fully saturated rings. The summed E-state index contributed by atoms with van der Waals surface area (Å²) in [6, 6.07) is 10.2. The minimum absolute atomic E-state index is 0.242. The topological polar surface area (TPSA) is 101 Å². The van der Waals surface area contributed by atoms with Crippen molar-refractivity contribution in [3.05, 3.63) is 53.9 Å². The van der Waals surface area contributed by atoms with Gasteiger partial charge in [-0.05, 0) is 63.1 Å². The largest absolute Gasteiger partial charge is 0.462 e. The van der Waals surface area contributed by atoms with Gasteiger partial charge in [0.25, 0.3) is 0 Å². The number of hydrogen-bond donors (Lipinski definition) is 1. The van der Waals surface area contributed by atoms with Crippen molar-refractivity contribution in [1.82, 2.24) is 14.3 Å². The number of carbonyl (C=O) groups is 1. The van der Waals surface area contributed by atoms with Crippen molar-refractivity contribution in [3.8, 4) is 0 Å². The highest BCUT2D eigenvalue weighted by molar-refractivity contribution is 7.89. The SMILES string of the molecule is CCOC(=O)c1cnc2nc(C)ccc2c1Nc1ccc(S(=O)(=O)N2CCCC2)cc1. The van der Waals surface area contributed by atoms with Gasteiger partial charge >= 0.3 is 5.97 Å². The third kappa shape index (κ3) is 4.24.